The van der Waals surface area contributed by atoms with E-state index in [1.165, 1.54) is 17.7 Å². The molecule has 1 fully saturated rings. The van der Waals surface area contributed by atoms with E-state index in [4.69, 9.17) is 5.73 Å². The Kier molecular flexibility index (Phi) is 4.96. The van der Waals surface area contributed by atoms with Crippen LogP contribution in [-0.4, -0.2) is 40.2 Å². The highest BCUT2D eigenvalue weighted by Gasteiger charge is 2.36. The fourth-order valence-corrected chi connectivity index (χ4v) is 3.99. The molecular formula is C22H23FN4O. The van der Waals surface area contributed by atoms with Crippen molar-refractivity contribution in [2.24, 2.45) is 11.7 Å². The molecule has 0 saturated carbocycles. The van der Waals surface area contributed by atoms with Gasteiger partial charge in [0, 0.05) is 19.0 Å². The van der Waals surface area contributed by atoms with Crippen LogP contribution in [-0.2, 0) is 0 Å². The van der Waals surface area contributed by atoms with Crippen molar-refractivity contribution in [3.63, 3.8) is 0 Å². The molecule has 1 aliphatic rings. The topological polar surface area (TPSA) is 64.2 Å². The summed E-state index contributed by atoms with van der Waals surface area (Å²) in [5.41, 5.74) is 9.24. The normalized spacial score (nSPS) is 19.2. The Morgan fingerprint density at radius 1 is 1.14 bits per heavy atom. The Labute approximate surface area is 163 Å². The predicted molar refractivity (Wildman–Crippen MR) is 106 cm³/mol. The Balaban J connectivity index is 1.58. The van der Waals surface area contributed by atoms with Gasteiger partial charge in [-0.2, -0.15) is 5.10 Å². The number of halogens is 1. The fourth-order valence-electron chi connectivity index (χ4n) is 3.99. The van der Waals surface area contributed by atoms with Crippen LogP contribution >= 0.6 is 0 Å². The van der Waals surface area contributed by atoms with Gasteiger partial charge in [0.25, 0.3) is 5.91 Å². The number of amides is 1. The number of carbonyl (C=O) groups is 1. The molecule has 2 heterocycles. The molecule has 1 aromatic heterocycles. The minimum absolute atomic E-state index is 0.0391. The molecule has 1 saturated heterocycles. The van der Waals surface area contributed by atoms with Gasteiger partial charge in [-0.3, -0.25) is 4.79 Å². The summed E-state index contributed by atoms with van der Waals surface area (Å²) in [7, 11) is 0. The third-order valence-electron chi connectivity index (χ3n) is 5.57. The van der Waals surface area contributed by atoms with Gasteiger partial charge in [0.2, 0.25) is 0 Å². The number of hydrogen-bond donors (Lipinski definition) is 1. The zero-order valence-corrected chi connectivity index (χ0v) is 15.8. The van der Waals surface area contributed by atoms with Crippen LogP contribution in [0.1, 0.15) is 27.5 Å². The van der Waals surface area contributed by atoms with Gasteiger partial charge in [-0.05, 0) is 49.2 Å². The van der Waals surface area contributed by atoms with E-state index in [0.29, 0.717) is 25.2 Å². The molecular weight excluding hydrogens is 355 g/mol. The molecule has 2 atom stereocenters. The lowest BCUT2D eigenvalue weighted by molar-refractivity contribution is 0.0785. The van der Waals surface area contributed by atoms with Crippen LogP contribution in [0, 0.1) is 18.7 Å². The highest BCUT2D eigenvalue weighted by molar-refractivity contribution is 5.95. The summed E-state index contributed by atoms with van der Waals surface area (Å²) in [5.74, 6) is 0.130. The molecule has 2 aromatic carbocycles. The van der Waals surface area contributed by atoms with Crippen molar-refractivity contribution in [1.82, 2.24) is 14.7 Å². The number of likely N-dealkylation sites (tertiary alicyclic amines) is 1. The highest BCUT2D eigenvalue weighted by atomic mass is 19.1. The van der Waals surface area contributed by atoms with E-state index in [-0.39, 0.29) is 23.6 Å². The Bertz CT molecular complexity index is 968. The summed E-state index contributed by atoms with van der Waals surface area (Å²) in [6, 6.07) is 16.3. The van der Waals surface area contributed by atoms with Crippen LogP contribution in [0.4, 0.5) is 4.39 Å². The Hall–Kier alpha value is -2.99. The van der Waals surface area contributed by atoms with E-state index in [2.05, 4.69) is 17.2 Å². The van der Waals surface area contributed by atoms with E-state index in [1.54, 1.807) is 23.0 Å². The predicted octanol–water partition coefficient (Wildman–Crippen LogP) is 3.13. The monoisotopic (exact) mass is 378 g/mol. The molecule has 1 aliphatic heterocycles. The van der Waals surface area contributed by atoms with Gasteiger partial charge in [-0.1, -0.05) is 30.3 Å². The quantitative estimate of drug-likeness (QED) is 0.759. The molecule has 0 spiro atoms. The van der Waals surface area contributed by atoms with Crippen LogP contribution in [0.2, 0.25) is 0 Å². The van der Waals surface area contributed by atoms with Gasteiger partial charge in [0.05, 0.1) is 23.1 Å². The average Bonchev–Trinajstić information content (AvgIpc) is 3.33. The first-order valence-electron chi connectivity index (χ1n) is 9.43. The second-order valence-electron chi connectivity index (χ2n) is 7.25. The Morgan fingerprint density at radius 3 is 2.54 bits per heavy atom. The summed E-state index contributed by atoms with van der Waals surface area (Å²) in [4.78, 5) is 15.0. The average molecular weight is 378 g/mol. The standard InChI is InChI=1S/C22H23FN4O/c1-15-20(12-25-27(15)19-9-7-18(23)8-10-19)22(28)26-13-17(11-24)21(14-26)16-5-3-2-4-6-16/h2-10,12,17,21H,11,13-14,24H2,1H3/t17-,21+/m1/s1. The number of benzene rings is 2. The van der Waals surface area contributed by atoms with Crippen molar-refractivity contribution in [3.05, 3.63) is 83.4 Å². The van der Waals surface area contributed by atoms with Crippen molar-refractivity contribution in [1.29, 1.82) is 0 Å². The number of nitrogens with two attached hydrogens (primary N) is 1. The molecule has 1 amide bonds. The van der Waals surface area contributed by atoms with Gasteiger partial charge >= 0.3 is 0 Å². The molecule has 0 bridgehead atoms. The lowest BCUT2D eigenvalue weighted by atomic mass is 9.89. The summed E-state index contributed by atoms with van der Waals surface area (Å²) < 4.78 is 14.9. The molecule has 0 unspecified atom stereocenters. The van der Waals surface area contributed by atoms with E-state index >= 15 is 0 Å². The number of carbonyl (C=O) groups excluding carboxylic acids is 1. The third kappa shape index (κ3) is 3.31. The van der Waals surface area contributed by atoms with Crippen molar-refractivity contribution in [3.8, 4) is 5.69 Å². The van der Waals surface area contributed by atoms with Crippen molar-refractivity contribution >= 4 is 5.91 Å². The largest absolute Gasteiger partial charge is 0.338 e. The summed E-state index contributed by atoms with van der Waals surface area (Å²) >= 11 is 0. The minimum atomic E-state index is -0.304. The molecule has 5 nitrogen and oxygen atoms in total. The molecule has 6 heteroatoms. The summed E-state index contributed by atoms with van der Waals surface area (Å²) in [5, 5.41) is 4.35. The molecule has 3 aromatic rings. The molecule has 0 aliphatic carbocycles. The number of rotatable bonds is 4. The van der Waals surface area contributed by atoms with Crippen LogP contribution in [0.15, 0.2) is 60.8 Å². The summed E-state index contributed by atoms with van der Waals surface area (Å²) in [6.45, 7) is 3.67. The van der Waals surface area contributed by atoms with Crippen LogP contribution in [0.25, 0.3) is 5.69 Å². The van der Waals surface area contributed by atoms with E-state index in [0.717, 1.165) is 11.4 Å². The number of nitrogens with zero attached hydrogens (tertiary/aromatic N) is 3. The molecule has 2 N–H and O–H groups in total. The second kappa shape index (κ2) is 7.56. The second-order valence-corrected chi connectivity index (χ2v) is 7.25. The van der Waals surface area contributed by atoms with Gasteiger partial charge < -0.3 is 10.6 Å². The first-order chi connectivity index (χ1) is 13.6. The molecule has 0 radical (unpaired) electrons. The molecule has 28 heavy (non-hydrogen) atoms. The van der Waals surface area contributed by atoms with Crippen molar-refractivity contribution in [2.45, 2.75) is 12.8 Å². The van der Waals surface area contributed by atoms with Crippen molar-refractivity contribution in [2.75, 3.05) is 19.6 Å². The SMILES string of the molecule is Cc1c(C(=O)N2C[C@@H](CN)[C@H](c3ccccc3)C2)cnn1-c1ccc(F)cc1. The summed E-state index contributed by atoms with van der Waals surface area (Å²) in [6.07, 6.45) is 1.59. The van der Waals surface area contributed by atoms with Crippen LogP contribution in [0.5, 0.6) is 0 Å². The fraction of sp³-hybridized carbons (Fsp3) is 0.273. The number of aromatic nitrogens is 2. The van der Waals surface area contributed by atoms with Gasteiger partial charge in [0.15, 0.2) is 0 Å². The van der Waals surface area contributed by atoms with Gasteiger partial charge in [-0.15, -0.1) is 0 Å². The van der Waals surface area contributed by atoms with E-state index in [9.17, 15) is 9.18 Å². The van der Waals surface area contributed by atoms with E-state index < -0.39 is 0 Å². The van der Waals surface area contributed by atoms with Crippen LogP contribution in [0.3, 0.4) is 0 Å². The number of hydrogen-bond acceptors (Lipinski definition) is 3. The zero-order valence-electron chi connectivity index (χ0n) is 15.8. The van der Waals surface area contributed by atoms with Gasteiger partial charge in [-0.25, -0.2) is 9.07 Å². The maximum absolute atomic E-state index is 13.2. The first kappa shape index (κ1) is 18.4. The van der Waals surface area contributed by atoms with Crippen LogP contribution < -0.4 is 5.73 Å². The minimum Gasteiger partial charge on any atom is -0.338 e. The lowest BCUT2D eigenvalue weighted by Crippen LogP contribution is -2.30. The highest BCUT2D eigenvalue weighted by Crippen LogP contribution is 2.33. The first-order valence-corrected chi connectivity index (χ1v) is 9.43. The zero-order chi connectivity index (χ0) is 19.7. The maximum atomic E-state index is 13.2. The molecule has 4 rings (SSSR count). The lowest BCUT2D eigenvalue weighted by Gasteiger charge is -2.17. The van der Waals surface area contributed by atoms with E-state index in [1.807, 2.05) is 30.0 Å². The maximum Gasteiger partial charge on any atom is 0.257 e. The Morgan fingerprint density at radius 2 is 1.86 bits per heavy atom. The third-order valence-corrected chi connectivity index (χ3v) is 5.57. The van der Waals surface area contributed by atoms with Gasteiger partial charge in [0.1, 0.15) is 5.82 Å². The van der Waals surface area contributed by atoms with Crippen molar-refractivity contribution < 1.29 is 9.18 Å². The smallest absolute Gasteiger partial charge is 0.257 e. The molecule has 144 valence electrons.